The van der Waals surface area contributed by atoms with Crippen molar-refractivity contribution in [3.8, 4) is 5.75 Å². The molecule has 2 aromatic rings. The molecule has 0 unspecified atom stereocenters. The van der Waals surface area contributed by atoms with E-state index in [1.165, 1.54) is 16.7 Å². The smallest absolute Gasteiger partial charge is 0.119 e. The molecule has 0 spiro atoms. The number of aliphatic hydroxyl groups is 1. The van der Waals surface area contributed by atoms with Gasteiger partial charge in [-0.05, 0) is 37.1 Å². The second kappa shape index (κ2) is 7.81. The number of benzene rings is 2. The van der Waals surface area contributed by atoms with Crippen LogP contribution in [-0.2, 0) is 13.2 Å². The van der Waals surface area contributed by atoms with Crippen molar-refractivity contribution in [1.29, 1.82) is 0 Å². The third-order valence-electron chi connectivity index (χ3n) is 3.38. The summed E-state index contributed by atoms with van der Waals surface area (Å²) in [5, 5.41) is 12.2. The Bertz CT molecular complexity index is 534. The van der Waals surface area contributed by atoms with Crippen LogP contribution in [0, 0.1) is 6.92 Å². The molecular formula is C18H23NO2. The summed E-state index contributed by atoms with van der Waals surface area (Å²) in [6.45, 7) is 5.52. The Morgan fingerprint density at radius 2 is 1.62 bits per heavy atom. The van der Waals surface area contributed by atoms with Crippen LogP contribution in [0.2, 0.25) is 0 Å². The summed E-state index contributed by atoms with van der Waals surface area (Å²) in [5.74, 6) is 0.870. The lowest BCUT2D eigenvalue weighted by molar-refractivity contribution is 0.251. The van der Waals surface area contributed by atoms with Gasteiger partial charge in [-0.3, -0.25) is 0 Å². The molecule has 0 heterocycles. The van der Waals surface area contributed by atoms with Gasteiger partial charge in [-0.25, -0.2) is 0 Å². The van der Waals surface area contributed by atoms with Crippen molar-refractivity contribution in [2.24, 2.45) is 0 Å². The van der Waals surface area contributed by atoms with E-state index in [1.54, 1.807) is 0 Å². The molecule has 0 aliphatic carbocycles. The van der Waals surface area contributed by atoms with Crippen LogP contribution in [0.3, 0.4) is 0 Å². The van der Waals surface area contributed by atoms with Crippen LogP contribution in [0.5, 0.6) is 5.75 Å². The van der Waals surface area contributed by atoms with Crippen LogP contribution < -0.4 is 10.1 Å². The summed E-state index contributed by atoms with van der Waals surface area (Å²) in [7, 11) is 0. The maximum Gasteiger partial charge on any atom is 0.119 e. The highest BCUT2D eigenvalue weighted by molar-refractivity contribution is 5.28. The monoisotopic (exact) mass is 285 g/mol. The predicted octanol–water partition coefficient (Wildman–Crippen LogP) is 3.04. The number of rotatable bonds is 7. The molecule has 1 atom stereocenters. The second-order valence-electron chi connectivity index (χ2n) is 5.38. The first-order chi connectivity index (χ1) is 10.2. The largest absolute Gasteiger partial charge is 0.489 e. The zero-order valence-electron chi connectivity index (χ0n) is 12.7. The highest BCUT2D eigenvalue weighted by atomic mass is 16.5. The number of hydrogen-bond donors (Lipinski definition) is 2. The minimum atomic E-state index is 0.113. The molecule has 2 N–H and O–H groups in total. The van der Waals surface area contributed by atoms with Crippen LogP contribution in [0.1, 0.15) is 23.6 Å². The normalized spacial score (nSPS) is 12.1. The highest BCUT2D eigenvalue weighted by Gasteiger charge is 2.00. The molecule has 0 amide bonds. The lowest BCUT2D eigenvalue weighted by Gasteiger charge is -2.11. The third kappa shape index (κ3) is 5.21. The first-order valence-corrected chi connectivity index (χ1v) is 7.29. The van der Waals surface area contributed by atoms with Crippen molar-refractivity contribution in [2.45, 2.75) is 33.0 Å². The number of hydrogen-bond acceptors (Lipinski definition) is 3. The van der Waals surface area contributed by atoms with Crippen LogP contribution in [-0.4, -0.2) is 17.8 Å². The first-order valence-electron chi connectivity index (χ1n) is 7.29. The lowest BCUT2D eigenvalue weighted by atomic mass is 10.2. The molecule has 0 bridgehead atoms. The molecule has 3 heteroatoms. The van der Waals surface area contributed by atoms with Crippen molar-refractivity contribution in [3.63, 3.8) is 0 Å². The van der Waals surface area contributed by atoms with E-state index in [0.29, 0.717) is 6.61 Å². The Kier molecular flexibility index (Phi) is 5.78. The second-order valence-corrected chi connectivity index (χ2v) is 5.38. The number of nitrogens with one attached hydrogen (secondary N) is 1. The molecule has 2 aromatic carbocycles. The van der Waals surface area contributed by atoms with E-state index in [0.717, 1.165) is 12.3 Å². The Labute approximate surface area is 126 Å². The molecule has 0 aliphatic heterocycles. The maximum absolute atomic E-state index is 8.97. The van der Waals surface area contributed by atoms with E-state index in [2.05, 4.69) is 36.5 Å². The molecule has 0 saturated heterocycles. The van der Waals surface area contributed by atoms with Crippen LogP contribution >= 0.6 is 0 Å². The molecule has 0 radical (unpaired) electrons. The van der Waals surface area contributed by atoms with Crippen molar-refractivity contribution >= 4 is 0 Å². The molecule has 3 nitrogen and oxygen atoms in total. The quantitative estimate of drug-likeness (QED) is 0.821. The Balaban J connectivity index is 1.83. The highest BCUT2D eigenvalue weighted by Crippen LogP contribution is 2.14. The van der Waals surface area contributed by atoms with Crippen molar-refractivity contribution in [3.05, 3.63) is 65.2 Å². The fourth-order valence-electron chi connectivity index (χ4n) is 1.91. The van der Waals surface area contributed by atoms with Crippen molar-refractivity contribution in [1.82, 2.24) is 5.32 Å². The Morgan fingerprint density at radius 3 is 2.24 bits per heavy atom. The molecule has 0 fully saturated rings. The Morgan fingerprint density at radius 1 is 1.00 bits per heavy atom. The van der Waals surface area contributed by atoms with E-state index < -0.39 is 0 Å². The lowest BCUT2D eigenvalue weighted by Crippen LogP contribution is -2.28. The minimum Gasteiger partial charge on any atom is -0.489 e. The van der Waals surface area contributed by atoms with Gasteiger partial charge in [0, 0.05) is 12.6 Å². The summed E-state index contributed by atoms with van der Waals surface area (Å²) in [5.41, 5.74) is 3.61. The summed E-state index contributed by atoms with van der Waals surface area (Å²) < 4.78 is 5.77. The topological polar surface area (TPSA) is 41.5 Å². The minimum absolute atomic E-state index is 0.113. The maximum atomic E-state index is 8.97. The van der Waals surface area contributed by atoms with Crippen LogP contribution in [0.25, 0.3) is 0 Å². The van der Waals surface area contributed by atoms with Crippen molar-refractivity contribution < 1.29 is 9.84 Å². The number of aryl methyl sites for hydroxylation is 1. The van der Waals surface area contributed by atoms with Crippen molar-refractivity contribution in [2.75, 3.05) is 6.61 Å². The van der Waals surface area contributed by atoms with E-state index >= 15 is 0 Å². The fraction of sp³-hybridized carbons (Fsp3) is 0.333. The van der Waals surface area contributed by atoms with Gasteiger partial charge in [-0.1, -0.05) is 42.0 Å². The summed E-state index contributed by atoms with van der Waals surface area (Å²) >= 11 is 0. The zero-order valence-corrected chi connectivity index (χ0v) is 12.7. The summed E-state index contributed by atoms with van der Waals surface area (Å²) in [4.78, 5) is 0. The predicted molar refractivity (Wildman–Crippen MR) is 85.3 cm³/mol. The first kappa shape index (κ1) is 15.5. The van der Waals surface area contributed by atoms with Gasteiger partial charge >= 0.3 is 0 Å². The van der Waals surface area contributed by atoms with Gasteiger partial charge in [0.25, 0.3) is 0 Å². The van der Waals surface area contributed by atoms with Gasteiger partial charge in [-0.2, -0.15) is 0 Å². The molecule has 0 aliphatic rings. The third-order valence-corrected chi connectivity index (χ3v) is 3.38. The molecule has 0 saturated carbocycles. The molecule has 0 aromatic heterocycles. The molecule has 112 valence electrons. The van der Waals surface area contributed by atoms with E-state index in [4.69, 9.17) is 9.84 Å². The molecule has 2 rings (SSSR count). The summed E-state index contributed by atoms with van der Waals surface area (Å²) in [6.07, 6.45) is 0. The fourth-order valence-corrected chi connectivity index (χ4v) is 1.91. The van der Waals surface area contributed by atoms with Gasteiger partial charge in [0.2, 0.25) is 0 Å². The van der Waals surface area contributed by atoms with Gasteiger partial charge in [-0.15, -0.1) is 0 Å². The SMILES string of the molecule is Cc1ccc(COc2ccc(CN[C@H](C)CO)cc2)cc1. The molecule has 21 heavy (non-hydrogen) atoms. The average molecular weight is 285 g/mol. The average Bonchev–Trinajstić information content (AvgIpc) is 2.53. The van der Waals surface area contributed by atoms with Gasteiger partial charge in [0.05, 0.1) is 6.61 Å². The standard InChI is InChI=1S/C18H23NO2/c1-14-3-5-17(6-4-14)13-21-18-9-7-16(8-10-18)11-19-15(2)12-20/h3-10,15,19-20H,11-13H2,1-2H3/t15-/m1/s1. The zero-order chi connectivity index (χ0) is 15.1. The van der Waals surface area contributed by atoms with Crippen LogP contribution in [0.4, 0.5) is 0 Å². The van der Waals surface area contributed by atoms with Gasteiger partial charge in [0.1, 0.15) is 12.4 Å². The summed E-state index contributed by atoms with van der Waals surface area (Å²) in [6, 6.07) is 16.5. The number of ether oxygens (including phenoxy) is 1. The number of aliphatic hydroxyl groups excluding tert-OH is 1. The van der Waals surface area contributed by atoms with E-state index in [-0.39, 0.29) is 12.6 Å². The molecular weight excluding hydrogens is 262 g/mol. The van der Waals surface area contributed by atoms with Crippen LogP contribution in [0.15, 0.2) is 48.5 Å². The van der Waals surface area contributed by atoms with E-state index in [1.807, 2.05) is 31.2 Å². The Hall–Kier alpha value is -1.84. The van der Waals surface area contributed by atoms with Gasteiger partial charge in [0.15, 0.2) is 0 Å². The van der Waals surface area contributed by atoms with E-state index in [9.17, 15) is 0 Å². The van der Waals surface area contributed by atoms with Gasteiger partial charge < -0.3 is 15.2 Å².